The maximum absolute atomic E-state index is 11.2. The summed E-state index contributed by atoms with van der Waals surface area (Å²) in [6, 6.07) is 0. The second-order valence-corrected chi connectivity index (χ2v) is 6.38. The highest BCUT2D eigenvalue weighted by molar-refractivity contribution is 7.89. The normalized spacial score (nSPS) is 12.1. The molecule has 0 saturated heterocycles. The maximum Gasteiger partial charge on any atom is 0.151 e. The van der Waals surface area contributed by atoms with Gasteiger partial charge in [-0.15, -0.1) is 0 Å². The van der Waals surface area contributed by atoms with E-state index in [1.54, 1.807) is 6.20 Å². The van der Waals surface area contributed by atoms with E-state index in [9.17, 15) is 8.42 Å². The molecule has 0 aromatic carbocycles. The summed E-state index contributed by atoms with van der Waals surface area (Å²) in [5.74, 6) is 0.448. The van der Waals surface area contributed by atoms with Crippen molar-refractivity contribution in [2.24, 2.45) is 0 Å². The van der Waals surface area contributed by atoms with Crippen molar-refractivity contribution in [1.82, 2.24) is 4.98 Å². The molecule has 0 bridgehead atoms. The van der Waals surface area contributed by atoms with E-state index in [-0.39, 0.29) is 5.75 Å². The first-order valence-corrected chi connectivity index (χ1v) is 6.98. The lowest BCUT2D eigenvalue weighted by atomic mass is 9.98. The van der Waals surface area contributed by atoms with Gasteiger partial charge in [-0.2, -0.15) is 0 Å². The summed E-state index contributed by atoms with van der Waals surface area (Å²) in [4.78, 5) is 4.09. The predicted molar refractivity (Wildman–Crippen MR) is 61.6 cm³/mol. The van der Waals surface area contributed by atoms with Gasteiger partial charge in [0.05, 0.1) is 5.75 Å². The van der Waals surface area contributed by atoms with E-state index in [2.05, 4.69) is 18.8 Å². The largest absolute Gasteiger partial charge is 0.264 e. The van der Waals surface area contributed by atoms with Crippen LogP contribution in [0.3, 0.4) is 0 Å². The molecule has 1 heterocycles. The zero-order chi connectivity index (χ0) is 11.6. The quantitative estimate of drug-likeness (QED) is 0.794. The lowest BCUT2D eigenvalue weighted by Crippen LogP contribution is -2.05. The first-order valence-electron chi connectivity index (χ1n) is 4.92. The van der Waals surface area contributed by atoms with E-state index < -0.39 is 9.84 Å². The molecule has 0 radical (unpaired) electrons. The Kier molecular flexibility index (Phi) is 3.50. The summed E-state index contributed by atoms with van der Waals surface area (Å²) in [6.45, 7) is 6.11. The molecular formula is C11H17NO2S. The van der Waals surface area contributed by atoms with Crippen LogP contribution in [0.4, 0.5) is 0 Å². The van der Waals surface area contributed by atoms with Crippen LogP contribution < -0.4 is 0 Å². The number of sulfone groups is 1. The molecule has 0 unspecified atom stereocenters. The van der Waals surface area contributed by atoms with Gasteiger partial charge in [0.15, 0.2) is 9.84 Å². The van der Waals surface area contributed by atoms with Crippen LogP contribution in [-0.4, -0.2) is 19.7 Å². The molecule has 1 rings (SSSR count). The molecule has 84 valence electrons. The Bertz CT molecular complexity index is 450. The standard InChI is InChI=1S/C11H17NO2S/c1-8(2)11-6-12-5-10(9(11)3)7-15(4,13)14/h5-6,8H,7H2,1-4H3. The minimum atomic E-state index is -2.98. The molecule has 0 spiro atoms. The molecule has 0 aliphatic rings. The van der Waals surface area contributed by atoms with Crippen LogP contribution in [0.5, 0.6) is 0 Å². The third-order valence-electron chi connectivity index (χ3n) is 2.40. The van der Waals surface area contributed by atoms with Crippen LogP contribution in [0.15, 0.2) is 12.4 Å². The van der Waals surface area contributed by atoms with Crippen LogP contribution in [0.1, 0.15) is 36.5 Å². The lowest BCUT2D eigenvalue weighted by molar-refractivity contribution is 0.601. The first-order chi connectivity index (χ1) is 6.81. The van der Waals surface area contributed by atoms with E-state index in [0.717, 1.165) is 16.7 Å². The highest BCUT2D eigenvalue weighted by Gasteiger charge is 2.11. The fourth-order valence-electron chi connectivity index (χ4n) is 1.60. The van der Waals surface area contributed by atoms with Crippen LogP contribution in [0, 0.1) is 6.92 Å². The topological polar surface area (TPSA) is 47.0 Å². The summed E-state index contributed by atoms with van der Waals surface area (Å²) >= 11 is 0. The molecular weight excluding hydrogens is 210 g/mol. The summed E-state index contributed by atoms with van der Waals surface area (Å²) < 4.78 is 22.4. The average molecular weight is 227 g/mol. The van der Waals surface area contributed by atoms with Gasteiger partial charge in [-0.3, -0.25) is 4.98 Å². The second-order valence-electron chi connectivity index (χ2n) is 4.24. The van der Waals surface area contributed by atoms with Crippen LogP contribution >= 0.6 is 0 Å². The predicted octanol–water partition coefficient (Wildman–Crippen LogP) is 2.06. The fourth-order valence-corrected chi connectivity index (χ4v) is 2.45. The zero-order valence-corrected chi connectivity index (χ0v) is 10.4. The smallest absolute Gasteiger partial charge is 0.151 e. The van der Waals surface area contributed by atoms with Crippen molar-refractivity contribution in [3.8, 4) is 0 Å². The van der Waals surface area contributed by atoms with Gasteiger partial charge in [-0.05, 0) is 29.5 Å². The van der Waals surface area contributed by atoms with Gasteiger partial charge < -0.3 is 0 Å². The van der Waals surface area contributed by atoms with Crippen LogP contribution in [0.25, 0.3) is 0 Å². The molecule has 1 aromatic rings. The van der Waals surface area contributed by atoms with Crippen LogP contribution in [0.2, 0.25) is 0 Å². The van der Waals surface area contributed by atoms with Crippen molar-refractivity contribution in [3.05, 3.63) is 29.1 Å². The molecule has 0 saturated carbocycles. The molecule has 15 heavy (non-hydrogen) atoms. The monoisotopic (exact) mass is 227 g/mol. The first kappa shape index (κ1) is 12.2. The molecule has 0 amide bonds. The van der Waals surface area contributed by atoms with Crippen molar-refractivity contribution in [2.45, 2.75) is 32.4 Å². The van der Waals surface area contributed by atoms with Gasteiger partial charge in [-0.25, -0.2) is 8.42 Å². The number of aromatic nitrogens is 1. The van der Waals surface area contributed by atoms with E-state index in [1.807, 2.05) is 13.1 Å². The van der Waals surface area contributed by atoms with Gasteiger partial charge in [0, 0.05) is 18.6 Å². The number of nitrogens with zero attached hydrogens (tertiary/aromatic N) is 1. The minimum absolute atomic E-state index is 0.0758. The molecule has 1 aromatic heterocycles. The van der Waals surface area contributed by atoms with E-state index in [1.165, 1.54) is 6.26 Å². The molecule has 0 fully saturated rings. The molecule has 0 N–H and O–H groups in total. The SMILES string of the molecule is Cc1c(CS(C)(=O)=O)cncc1C(C)C. The summed E-state index contributed by atoms with van der Waals surface area (Å²) in [5.41, 5.74) is 2.98. The summed E-state index contributed by atoms with van der Waals surface area (Å²) in [6.07, 6.45) is 4.70. The summed E-state index contributed by atoms with van der Waals surface area (Å²) in [7, 11) is -2.98. The number of rotatable bonds is 3. The maximum atomic E-state index is 11.2. The van der Waals surface area contributed by atoms with Crippen molar-refractivity contribution in [3.63, 3.8) is 0 Å². The Morgan fingerprint density at radius 3 is 2.40 bits per heavy atom. The van der Waals surface area contributed by atoms with Gasteiger partial charge in [0.25, 0.3) is 0 Å². The molecule has 3 nitrogen and oxygen atoms in total. The third kappa shape index (κ3) is 3.30. The molecule has 4 heteroatoms. The van der Waals surface area contributed by atoms with Crippen molar-refractivity contribution in [1.29, 1.82) is 0 Å². The lowest BCUT2D eigenvalue weighted by Gasteiger charge is -2.12. The Labute approximate surface area is 91.5 Å². The van der Waals surface area contributed by atoms with Gasteiger partial charge >= 0.3 is 0 Å². The second kappa shape index (κ2) is 4.31. The van der Waals surface area contributed by atoms with E-state index in [4.69, 9.17) is 0 Å². The molecule has 0 aliphatic heterocycles. The Morgan fingerprint density at radius 2 is 1.93 bits per heavy atom. The Morgan fingerprint density at radius 1 is 1.33 bits per heavy atom. The highest BCUT2D eigenvalue weighted by Crippen LogP contribution is 2.21. The van der Waals surface area contributed by atoms with Gasteiger partial charge in [0.1, 0.15) is 0 Å². The Balaban J connectivity index is 3.16. The van der Waals surface area contributed by atoms with Crippen molar-refractivity contribution < 1.29 is 8.42 Å². The Hall–Kier alpha value is -0.900. The fraction of sp³-hybridized carbons (Fsp3) is 0.545. The highest BCUT2D eigenvalue weighted by atomic mass is 32.2. The number of hydrogen-bond acceptors (Lipinski definition) is 3. The van der Waals surface area contributed by atoms with E-state index >= 15 is 0 Å². The summed E-state index contributed by atoms with van der Waals surface area (Å²) in [5, 5.41) is 0. The number of hydrogen-bond donors (Lipinski definition) is 0. The van der Waals surface area contributed by atoms with Crippen molar-refractivity contribution in [2.75, 3.05) is 6.26 Å². The van der Waals surface area contributed by atoms with Crippen molar-refractivity contribution >= 4 is 9.84 Å². The minimum Gasteiger partial charge on any atom is -0.264 e. The molecule has 0 aliphatic carbocycles. The van der Waals surface area contributed by atoms with E-state index in [0.29, 0.717) is 5.92 Å². The van der Waals surface area contributed by atoms with Crippen LogP contribution in [-0.2, 0) is 15.6 Å². The van der Waals surface area contributed by atoms with Gasteiger partial charge in [0.2, 0.25) is 0 Å². The van der Waals surface area contributed by atoms with Gasteiger partial charge in [-0.1, -0.05) is 13.8 Å². The molecule has 0 atom stereocenters. The zero-order valence-electron chi connectivity index (χ0n) is 9.61. The third-order valence-corrected chi connectivity index (χ3v) is 3.23. The number of pyridine rings is 1. The average Bonchev–Trinajstić information content (AvgIpc) is 2.05.